The molecular weight excluding hydrogens is 367 g/mol. The average Bonchev–Trinajstić information content (AvgIpc) is 2.87. The summed E-state index contributed by atoms with van der Waals surface area (Å²) in [6.45, 7) is 0.863. The molecule has 0 aliphatic carbocycles. The molecule has 1 heterocycles. The van der Waals surface area contributed by atoms with Crippen molar-refractivity contribution in [2.75, 3.05) is 13.6 Å². The third-order valence-electron chi connectivity index (χ3n) is 2.81. The molecule has 3 nitrogen and oxygen atoms in total. The summed E-state index contributed by atoms with van der Waals surface area (Å²) < 4.78 is 38.9. The van der Waals surface area contributed by atoms with Gasteiger partial charge in [0.1, 0.15) is 10.0 Å². The first-order valence-electron chi connectivity index (χ1n) is 6.26. The van der Waals surface area contributed by atoms with Gasteiger partial charge in [-0.3, -0.25) is 0 Å². The molecule has 114 valence electrons. The lowest BCUT2D eigenvalue weighted by Crippen LogP contribution is -2.08. The molecule has 21 heavy (non-hydrogen) atoms. The van der Waals surface area contributed by atoms with Gasteiger partial charge in [-0.15, -0.1) is 10.2 Å². The maximum Gasteiger partial charge on any atom is 0.416 e. The molecule has 0 bridgehead atoms. The highest BCUT2D eigenvalue weighted by Gasteiger charge is 2.31. The van der Waals surface area contributed by atoms with Gasteiger partial charge < -0.3 is 5.32 Å². The van der Waals surface area contributed by atoms with Gasteiger partial charge in [-0.05, 0) is 38.2 Å². The molecule has 0 unspecified atom stereocenters. The predicted octanol–water partition coefficient (Wildman–Crippen LogP) is 4.14. The summed E-state index contributed by atoms with van der Waals surface area (Å²) in [6.07, 6.45) is -2.69. The summed E-state index contributed by atoms with van der Waals surface area (Å²) in [5.74, 6) is 0. The van der Waals surface area contributed by atoms with Crippen LogP contribution in [0.2, 0.25) is 0 Å². The Balaban J connectivity index is 2.25. The fourth-order valence-electron chi connectivity index (χ4n) is 1.75. The monoisotopic (exact) mass is 379 g/mol. The smallest absolute Gasteiger partial charge is 0.320 e. The van der Waals surface area contributed by atoms with Crippen molar-refractivity contribution in [1.29, 1.82) is 0 Å². The molecule has 1 aromatic heterocycles. The first kappa shape index (κ1) is 16.4. The summed E-state index contributed by atoms with van der Waals surface area (Å²) in [4.78, 5) is 0. The molecular formula is C13H13BrF3N3S. The lowest BCUT2D eigenvalue weighted by Gasteiger charge is -2.08. The van der Waals surface area contributed by atoms with Gasteiger partial charge in [0.05, 0.1) is 5.56 Å². The van der Waals surface area contributed by atoms with E-state index in [0.717, 1.165) is 36.5 Å². The van der Waals surface area contributed by atoms with Crippen LogP contribution in [0.5, 0.6) is 0 Å². The highest BCUT2D eigenvalue weighted by atomic mass is 79.9. The van der Waals surface area contributed by atoms with Crippen molar-refractivity contribution >= 4 is 27.3 Å². The average molecular weight is 380 g/mol. The lowest BCUT2D eigenvalue weighted by atomic mass is 10.1. The van der Waals surface area contributed by atoms with Gasteiger partial charge in [0.2, 0.25) is 0 Å². The number of nitrogens with one attached hydrogen (secondary N) is 1. The van der Waals surface area contributed by atoms with Crippen molar-refractivity contribution in [2.45, 2.75) is 19.0 Å². The van der Waals surface area contributed by atoms with Gasteiger partial charge >= 0.3 is 6.18 Å². The van der Waals surface area contributed by atoms with Crippen LogP contribution in [0.25, 0.3) is 10.6 Å². The molecule has 0 spiro atoms. The van der Waals surface area contributed by atoms with Crippen LogP contribution in [0.15, 0.2) is 22.7 Å². The first-order chi connectivity index (χ1) is 9.91. The van der Waals surface area contributed by atoms with Gasteiger partial charge in [0.25, 0.3) is 0 Å². The SMILES string of the molecule is CNCCCc1nnc(-c2cc(C(F)(F)F)ccc2Br)s1. The number of halogens is 4. The molecule has 8 heteroatoms. The maximum atomic E-state index is 12.8. The van der Waals surface area contributed by atoms with Gasteiger partial charge in [0, 0.05) is 16.5 Å². The number of aromatic nitrogens is 2. The Morgan fingerprint density at radius 2 is 2.05 bits per heavy atom. The standard InChI is InChI=1S/C13H13BrF3N3S/c1-18-6-2-3-11-19-20-12(21-11)9-7-8(13(15,16)17)4-5-10(9)14/h4-5,7,18H,2-3,6H2,1H3. The van der Waals surface area contributed by atoms with Crippen LogP contribution in [-0.4, -0.2) is 23.8 Å². The Kier molecular flexibility index (Phi) is 5.34. The van der Waals surface area contributed by atoms with Crippen LogP contribution in [0.1, 0.15) is 17.0 Å². The zero-order valence-electron chi connectivity index (χ0n) is 11.2. The quantitative estimate of drug-likeness (QED) is 0.793. The van der Waals surface area contributed by atoms with Crippen molar-refractivity contribution in [1.82, 2.24) is 15.5 Å². The first-order valence-corrected chi connectivity index (χ1v) is 7.87. The number of alkyl halides is 3. The van der Waals surface area contributed by atoms with E-state index < -0.39 is 11.7 Å². The Morgan fingerprint density at radius 3 is 2.71 bits per heavy atom. The number of benzene rings is 1. The lowest BCUT2D eigenvalue weighted by molar-refractivity contribution is -0.137. The molecule has 0 aliphatic heterocycles. The summed E-state index contributed by atoms with van der Waals surface area (Å²) in [5, 5.41) is 12.4. The number of hydrogen-bond donors (Lipinski definition) is 1. The molecule has 0 aliphatic rings. The number of nitrogens with zero attached hydrogens (tertiary/aromatic N) is 2. The van der Waals surface area contributed by atoms with Crippen LogP contribution in [-0.2, 0) is 12.6 Å². The van der Waals surface area contributed by atoms with E-state index in [1.807, 2.05) is 7.05 Å². The van der Waals surface area contributed by atoms with Crippen LogP contribution < -0.4 is 5.32 Å². The topological polar surface area (TPSA) is 37.8 Å². The second kappa shape index (κ2) is 6.85. The van der Waals surface area contributed by atoms with E-state index in [4.69, 9.17) is 0 Å². The number of aryl methyl sites for hydroxylation is 1. The third-order valence-corrected chi connectivity index (χ3v) is 4.52. The Morgan fingerprint density at radius 1 is 1.29 bits per heavy atom. The second-order valence-electron chi connectivity index (χ2n) is 4.40. The Bertz CT molecular complexity index is 613. The van der Waals surface area contributed by atoms with Crippen LogP contribution >= 0.6 is 27.3 Å². The van der Waals surface area contributed by atoms with Crippen molar-refractivity contribution in [3.63, 3.8) is 0 Å². The summed E-state index contributed by atoms with van der Waals surface area (Å²) in [6, 6.07) is 3.53. The van der Waals surface area contributed by atoms with E-state index in [1.54, 1.807) is 0 Å². The molecule has 2 aromatic rings. The number of rotatable bonds is 5. The van der Waals surface area contributed by atoms with Crippen molar-refractivity contribution < 1.29 is 13.2 Å². The fraction of sp³-hybridized carbons (Fsp3) is 0.385. The zero-order valence-corrected chi connectivity index (χ0v) is 13.6. The van der Waals surface area contributed by atoms with E-state index in [-0.39, 0.29) is 0 Å². The molecule has 0 amide bonds. The van der Waals surface area contributed by atoms with Crippen LogP contribution in [0.3, 0.4) is 0 Å². The molecule has 0 saturated carbocycles. The molecule has 2 rings (SSSR count). The minimum absolute atomic E-state index is 0.419. The van der Waals surface area contributed by atoms with E-state index in [2.05, 4.69) is 31.4 Å². The molecule has 1 N–H and O–H groups in total. The summed E-state index contributed by atoms with van der Waals surface area (Å²) in [5.41, 5.74) is -0.269. The van der Waals surface area contributed by atoms with Crippen molar-refractivity contribution in [3.05, 3.63) is 33.2 Å². The highest BCUT2D eigenvalue weighted by Crippen LogP contribution is 2.37. The Hall–Kier alpha value is -0.990. The zero-order chi connectivity index (χ0) is 15.5. The highest BCUT2D eigenvalue weighted by molar-refractivity contribution is 9.10. The molecule has 0 fully saturated rings. The second-order valence-corrected chi connectivity index (χ2v) is 6.32. The van der Waals surface area contributed by atoms with Gasteiger partial charge in [-0.2, -0.15) is 13.2 Å². The predicted molar refractivity (Wildman–Crippen MR) is 80.3 cm³/mol. The summed E-state index contributed by atoms with van der Waals surface area (Å²) >= 11 is 4.59. The largest absolute Gasteiger partial charge is 0.416 e. The van der Waals surface area contributed by atoms with Crippen molar-refractivity contribution in [3.8, 4) is 10.6 Å². The molecule has 0 atom stereocenters. The van der Waals surface area contributed by atoms with Crippen LogP contribution in [0, 0.1) is 0 Å². The van der Waals surface area contributed by atoms with E-state index in [9.17, 15) is 13.2 Å². The number of hydrogen-bond acceptors (Lipinski definition) is 4. The molecule has 1 aromatic carbocycles. The minimum Gasteiger partial charge on any atom is -0.320 e. The minimum atomic E-state index is -4.37. The van der Waals surface area contributed by atoms with Gasteiger partial charge in [0.15, 0.2) is 0 Å². The van der Waals surface area contributed by atoms with Crippen molar-refractivity contribution in [2.24, 2.45) is 0 Å². The van der Waals surface area contributed by atoms with Gasteiger partial charge in [-0.25, -0.2) is 0 Å². The maximum absolute atomic E-state index is 12.8. The fourth-order valence-corrected chi connectivity index (χ4v) is 3.22. The summed E-state index contributed by atoms with van der Waals surface area (Å²) in [7, 11) is 1.87. The van der Waals surface area contributed by atoms with Crippen LogP contribution in [0.4, 0.5) is 13.2 Å². The third kappa shape index (κ3) is 4.24. The van der Waals surface area contributed by atoms with Gasteiger partial charge in [-0.1, -0.05) is 27.3 Å². The van der Waals surface area contributed by atoms with E-state index >= 15 is 0 Å². The molecule has 0 radical (unpaired) electrons. The van der Waals surface area contributed by atoms with E-state index in [1.165, 1.54) is 17.4 Å². The molecule has 0 saturated heterocycles. The Labute approximate surface area is 132 Å². The normalized spacial score (nSPS) is 11.9. The van der Waals surface area contributed by atoms with E-state index in [0.29, 0.717) is 15.0 Å².